The predicted octanol–water partition coefficient (Wildman–Crippen LogP) is 3.91. The van der Waals surface area contributed by atoms with Crippen molar-refractivity contribution in [1.29, 1.82) is 0 Å². The van der Waals surface area contributed by atoms with Crippen LogP contribution in [0.15, 0.2) is 46.6 Å². The average molecular weight is 262 g/mol. The van der Waals surface area contributed by atoms with Gasteiger partial charge >= 0.3 is 0 Å². The van der Waals surface area contributed by atoms with Gasteiger partial charge in [0.05, 0.1) is 12.1 Å². The summed E-state index contributed by atoms with van der Waals surface area (Å²) in [5.74, 6) is 4.58. The Morgan fingerprint density at radius 2 is 1.60 bits per heavy atom. The Bertz CT molecular complexity index is 661. The second-order valence-corrected chi connectivity index (χ2v) is 7.35. The third kappa shape index (κ3) is 0.962. The zero-order chi connectivity index (χ0) is 12.8. The van der Waals surface area contributed by atoms with E-state index in [4.69, 9.17) is 10.2 Å². The quantitative estimate of drug-likeness (QED) is 0.633. The summed E-state index contributed by atoms with van der Waals surface area (Å²) in [7, 11) is 0. The van der Waals surface area contributed by atoms with E-state index in [0.29, 0.717) is 18.0 Å². The maximum absolute atomic E-state index is 4.76. The summed E-state index contributed by atoms with van der Waals surface area (Å²) >= 11 is 0. The van der Waals surface area contributed by atoms with Crippen molar-refractivity contribution in [2.75, 3.05) is 0 Å². The van der Waals surface area contributed by atoms with Crippen molar-refractivity contribution in [2.24, 2.45) is 33.9 Å². The predicted molar refractivity (Wildman–Crippen MR) is 76.7 cm³/mol. The SMILES string of the molecule is C1=C[C@@H]2[C@H](C1)[C@@H]1N=N[C@H]2[C@@H]2[C@H]1[C@H]1C[C@@H]2c2ccccc21. The van der Waals surface area contributed by atoms with Crippen LogP contribution in [0, 0.1) is 23.7 Å². The normalized spacial score (nSPS) is 52.2. The molecule has 2 heteroatoms. The Kier molecular flexibility index (Phi) is 1.67. The number of rotatable bonds is 0. The van der Waals surface area contributed by atoms with Gasteiger partial charge in [-0.3, -0.25) is 0 Å². The molecule has 2 fully saturated rings. The maximum Gasteiger partial charge on any atom is 0.0811 e. The van der Waals surface area contributed by atoms with Gasteiger partial charge in [-0.1, -0.05) is 36.4 Å². The van der Waals surface area contributed by atoms with Crippen LogP contribution in [0.4, 0.5) is 0 Å². The first-order valence-electron chi connectivity index (χ1n) is 8.09. The van der Waals surface area contributed by atoms with Crippen LogP contribution in [0.25, 0.3) is 0 Å². The third-order valence-corrected chi connectivity index (χ3v) is 6.89. The molecular formula is C18H18N2. The summed E-state index contributed by atoms with van der Waals surface area (Å²) in [6.07, 6.45) is 7.46. The molecule has 100 valence electrons. The van der Waals surface area contributed by atoms with Gasteiger partial charge in [0.25, 0.3) is 0 Å². The summed E-state index contributed by atoms with van der Waals surface area (Å²) in [4.78, 5) is 0. The second-order valence-electron chi connectivity index (χ2n) is 7.35. The monoisotopic (exact) mass is 262 g/mol. The van der Waals surface area contributed by atoms with Gasteiger partial charge in [0, 0.05) is 5.92 Å². The van der Waals surface area contributed by atoms with E-state index in [-0.39, 0.29) is 0 Å². The fourth-order valence-electron chi connectivity index (χ4n) is 6.35. The standard InChI is InChI=1S/C18H18N2/c1-2-5-10-9(4-1)13-8-14(10)16-15(13)17-11-6-3-7-12(11)18(16)20-19-17/h1-6,11-18H,7-8H2/t11-,12+,13-,14+,15+,16-,17-,18+/m1/s1. The zero-order valence-corrected chi connectivity index (χ0v) is 11.4. The number of azo groups is 1. The van der Waals surface area contributed by atoms with E-state index < -0.39 is 0 Å². The minimum Gasteiger partial charge on any atom is -0.190 e. The first-order chi connectivity index (χ1) is 9.93. The number of allylic oxidation sites excluding steroid dienone is 1. The van der Waals surface area contributed by atoms with Crippen molar-refractivity contribution in [3.63, 3.8) is 0 Å². The molecule has 0 N–H and O–H groups in total. The number of benzene rings is 1. The molecule has 0 saturated heterocycles. The van der Waals surface area contributed by atoms with Gasteiger partial charge in [-0.25, -0.2) is 0 Å². The molecule has 0 radical (unpaired) electrons. The minimum atomic E-state index is 0.483. The van der Waals surface area contributed by atoms with Gasteiger partial charge in [-0.2, -0.15) is 10.2 Å². The van der Waals surface area contributed by atoms with Crippen LogP contribution in [0.1, 0.15) is 35.8 Å². The Hall–Kier alpha value is -1.44. The molecule has 0 aromatic heterocycles. The maximum atomic E-state index is 4.76. The van der Waals surface area contributed by atoms with Crippen molar-refractivity contribution in [2.45, 2.75) is 36.8 Å². The first-order valence-corrected chi connectivity index (χ1v) is 8.09. The molecule has 7 rings (SSSR count). The van der Waals surface area contributed by atoms with Gasteiger partial charge < -0.3 is 0 Å². The largest absolute Gasteiger partial charge is 0.190 e. The lowest BCUT2D eigenvalue weighted by Gasteiger charge is -2.51. The summed E-state index contributed by atoms with van der Waals surface area (Å²) < 4.78 is 0. The fourth-order valence-corrected chi connectivity index (χ4v) is 6.35. The average Bonchev–Trinajstić information content (AvgIpc) is 3.22. The van der Waals surface area contributed by atoms with Crippen molar-refractivity contribution < 1.29 is 0 Å². The van der Waals surface area contributed by atoms with E-state index in [2.05, 4.69) is 36.4 Å². The number of nitrogens with zero attached hydrogens (tertiary/aromatic N) is 2. The van der Waals surface area contributed by atoms with E-state index in [9.17, 15) is 0 Å². The van der Waals surface area contributed by atoms with Crippen LogP contribution in [0.2, 0.25) is 0 Å². The molecule has 2 heterocycles. The molecule has 20 heavy (non-hydrogen) atoms. The molecule has 0 spiro atoms. The zero-order valence-electron chi connectivity index (χ0n) is 11.4. The lowest BCUT2D eigenvalue weighted by Crippen LogP contribution is -2.53. The van der Waals surface area contributed by atoms with Crippen molar-refractivity contribution in [3.05, 3.63) is 47.5 Å². The van der Waals surface area contributed by atoms with Crippen LogP contribution in [0.3, 0.4) is 0 Å². The summed E-state index contributed by atoms with van der Waals surface area (Å²) in [5.41, 5.74) is 3.28. The molecule has 2 nitrogen and oxygen atoms in total. The van der Waals surface area contributed by atoms with E-state index in [1.165, 1.54) is 12.8 Å². The number of fused-ring (bicyclic) bond motifs is 5. The Labute approximate surface area is 119 Å². The third-order valence-electron chi connectivity index (χ3n) is 6.89. The van der Waals surface area contributed by atoms with Crippen LogP contribution in [-0.4, -0.2) is 12.1 Å². The molecule has 2 aliphatic heterocycles. The molecule has 1 aromatic rings. The van der Waals surface area contributed by atoms with Gasteiger partial charge in [-0.05, 0) is 53.6 Å². The van der Waals surface area contributed by atoms with Crippen molar-refractivity contribution >= 4 is 0 Å². The highest BCUT2D eigenvalue weighted by molar-refractivity contribution is 5.45. The molecular weight excluding hydrogens is 244 g/mol. The number of hydrogen-bond donors (Lipinski definition) is 0. The van der Waals surface area contributed by atoms with Crippen LogP contribution in [-0.2, 0) is 0 Å². The Balaban J connectivity index is 1.54. The van der Waals surface area contributed by atoms with E-state index >= 15 is 0 Å². The fraction of sp³-hybridized carbons (Fsp3) is 0.556. The molecule has 6 aliphatic rings. The summed E-state index contributed by atoms with van der Waals surface area (Å²) in [5, 5.41) is 9.51. The molecule has 0 unspecified atom stereocenters. The lowest BCUT2D eigenvalue weighted by molar-refractivity contribution is 0.0539. The molecule has 8 atom stereocenters. The first kappa shape index (κ1) is 10.3. The number of hydrogen-bond acceptors (Lipinski definition) is 2. The Morgan fingerprint density at radius 1 is 0.900 bits per heavy atom. The van der Waals surface area contributed by atoms with E-state index in [0.717, 1.165) is 29.6 Å². The Morgan fingerprint density at radius 3 is 2.40 bits per heavy atom. The van der Waals surface area contributed by atoms with Crippen LogP contribution in [0.5, 0.6) is 0 Å². The van der Waals surface area contributed by atoms with E-state index in [1.54, 1.807) is 11.1 Å². The summed E-state index contributed by atoms with van der Waals surface area (Å²) in [6.45, 7) is 0. The van der Waals surface area contributed by atoms with Gasteiger partial charge in [0.1, 0.15) is 0 Å². The highest BCUT2D eigenvalue weighted by atomic mass is 15.2. The van der Waals surface area contributed by atoms with Crippen LogP contribution < -0.4 is 0 Å². The minimum absolute atomic E-state index is 0.483. The van der Waals surface area contributed by atoms with Crippen molar-refractivity contribution in [3.8, 4) is 0 Å². The van der Waals surface area contributed by atoms with Gasteiger partial charge in [0.15, 0.2) is 0 Å². The van der Waals surface area contributed by atoms with Gasteiger partial charge in [0.2, 0.25) is 0 Å². The highest BCUT2D eigenvalue weighted by Crippen LogP contribution is 2.68. The molecule has 4 aliphatic carbocycles. The second kappa shape index (κ2) is 3.24. The molecule has 4 bridgehead atoms. The topological polar surface area (TPSA) is 24.7 Å². The smallest absolute Gasteiger partial charge is 0.0811 e. The van der Waals surface area contributed by atoms with E-state index in [1.807, 2.05) is 0 Å². The van der Waals surface area contributed by atoms with Gasteiger partial charge in [-0.15, -0.1) is 0 Å². The molecule has 0 amide bonds. The highest BCUT2D eigenvalue weighted by Gasteiger charge is 2.64. The summed E-state index contributed by atoms with van der Waals surface area (Å²) in [6, 6.07) is 10.2. The molecule has 2 saturated carbocycles. The van der Waals surface area contributed by atoms with Crippen LogP contribution >= 0.6 is 0 Å². The lowest BCUT2D eigenvalue weighted by atomic mass is 9.57. The molecule has 1 aromatic carbocycles. The van der Waals surface area contributed by atoms with Crippen molar-refractivity contribution in [1.82, 2.24) is 0 Å².